The Morgan fingerprint density at radius 3 is 0.879 bits per heavy atom. The number of aliphatic carboxylic acids is 1. The molecule has 0 aliphatic carbocycles. The molecule has 518 valence electrons. The van der Waals surface area contributed by atoms with Crippen LogP contribution in [0.1, 0.15) is 296 Å². The highest BCUT2D eigenvalue weighted by Crippen LogP contribution is 2.17. The Balaban J connectivity index is 4.06. The molecule has 0 saturated carbocycles. The number of carbonyl (C=O) groups is 3. The van der Waals surface area contributed by atoms with Gasteiger partial charge in [0.2, 0.25) is 0 Å². The highest BCUT2D eigenvalue weighted by atomic mass is 16.7. The fraction of sp³-hybridized carbons (Fsp3) is 0.671. The Hall–Kier alpha value is -4.83. The molecule has 0 heterocycles. The summed E-state index contributed by atoms with van der Waals surface area (Å²) in [5.74, 6) is -2.29. The third-order valence-electron chi connectivity index (χ3n) is 15.6. The van der Waals surface area contributed by atoms with Crippen molar-refractivity contribution in [2.75, 3.05) is 47.5 Å². The van der Waals surface area contributed by atoms with Crippen molar-refractivity contribution in [3.8, 4) is 0 Å². The summed E-state index contributed by atoms with van der Waals surface area (Å²) in [6.07, 6.45) is 101. The zero-order chi connectivity index (χ0) is 66.1. The van der Waals surface area contributed by atoms with E-state index in [0.717, 1.165) is 128 Å². The molecular formula is C82H137NO8. The molecule has 2 atom stereocenters. The summed E-state index contributed by atoms with van der Waals surface area (Å²) < 4.78 is 22.8. The van der Waals surface area contributed by atoms with E-state index in [1.54, 1.807) is 0 Å². The molecule has 2 unspecified atom stereocenters. The van der Waals surface area contributed by atoms with Gasteiger partial charge in [-0.3, -0.25) is 9.59 Å². The number of hydrogen-bond donors (Lipinski definition) is 0. The molecule has 0 aliphatic heterocycles. The van der Waals surface area contributed by atoms with Crippen LogP contribution in [-0.4, -0.2) is 82.3 Å². The molecule has 9 nitrogen and oxygen atoms in total. The molecular weight excluding hydrogens is 1130 g/mol. The summed E-state index contributed by atoms with van der Waals surface area (Å²) in [6, 6.07) is 0. The second kappa shape index (κ2) is 71.0. The van der Waals surface area contributed by atoms with Crippen LogP contribution in [0.2, 0.25) is 0 Å². The number of likely N-dealkylation sites (N-methyl/N-ethyl adjacent to an activating group) is 1. The summed E-state index contributed by atoms with van der Waals surface area (Å²) in [5.41, 5.74) is 0. The third kappa shape index (κ3) is 72.5. The highest BCUT2D eigenvalue weighted by Gasteiger charge is 2.22. The van der Waals surface area contributed by atoms with Crippen molar-refractivity contribution >= 4 is 17.9 Å². The van der Waals surface area contributed by atoms with Gasteiger partial charge in [-0.2, -0.15) is 0 Å². The maximum atomic E-state index is 13.0. The minimum Gasteiger partial charge on any atom is -0.545 e. The van der Waals surface area contributed by atoms with E-state index < -0.39 is 24.3 Å². The van der Waals surface area contributed by atoms with E-state index in [4.69, 9.17) is 18.9 Å². The average Bonchev–Trinajstić information content (AvgIpc) is 3.53. The lowest BCUT2D eigenvalue weighted by molar-refractivity contribution is -0.870. The lowest BCUT2D eigenvalue weighted by Crippen LogP contribution is -2.44. The normalized spacial score (nSPS) is 13.5. The predicted octanol–water partition coefficient (Wildman–Crippen LogP) is 22.1. The molecule has 0 rings (SSSR count). The summed E-state index contributed by atoms with van der Waals surface area (Å²) in [5, 5.41) is 11.8. The van der Waals surface area contributed by atoms with Crippen LogP contribution in [0, 0.1) is 0 Å². The van der Waals surface area contributed by atoms with Gasteiger partial charge in [0, 0.05) is 12.8 Å². The highest BCUT2D eigenvalue weighted by molar-refractivity contribution is 5.70. The number of carboxylic acids is 1. The van der Waals surface area contributed by atoms with Crippen LogP contribution in [0.25, 0.3) is 0 Å². The van der Waals surface area contributed by atoms with Gasteiger partial charge in [0.1, 0.15) is 13.2 Å². The molecule has 0 N–H and O–H groups in total. The van der Waals surface area contributed by atoms with Crippen LogP contribution in [0.5, 0.6) is 0 Å². The Labute approximate surface area is 560 Å². The zero-order valence-electron chi connectivity index (χ0n) is 59.2. The largest absolute Gasteiger partial charge is 0.545 e. The smallest absolute Gasteiger partial charge is 0.306 e. The summed E-state index contributed by atoms with van der Waals surface area (Å²) in [7, 11) is 5.93. The Morgan fingerprint density at radius 1 is 0.330 bits per heavy atom. The number of rotatable bonds is 67. The fourth-order valence-corrected chi connectivity index (χ4v) is 10.0. The molecule has 0 spiro atoms. The standard InChI is InChI=1S/C82H137NO8/c1-6-8-10-12-14-16-18-20-22-24-26-28-30-32-33-34-35-36-37-38-39-40-41-42-43-44-45-46-47-49-51-53-55-57-59-61-63-65-67-69-71-73-80(85)91-78(77-90-82(81(86)87)88-75-74-83(3,4)5)76-89-79(84)72-70-68-66-64-62-60-58-56-54-52-50-48-31-29-27-25-23-21-19-17-15-13-11-9-7-2/h8-11,14-17,20-23,26-29,32-33,35-36,38-39,48,50,78,82H,6-7,12-13,18-19,24-25,30-31,34,37,40-47,49,51-77H2,1-5H3/b10-8-,11-9-,16-14-,17-15-,22-20-,23-21-,28-26-,29-27-,33-32-,36-35-,39-38-,50-48-. The van der Waals surface area contributed by atoms with E-state index in [-0.39, 0.29) is 38.6 Å². The van der Waals surface area contributed by atoms with Crippen molar-refractivity contribution in [1.29, 1.82) is 0 Å². The van der Waals surface area contributed by atoms with Crippen LogP contribution < -0.4 is 5.11 Å². The predicted molar refractivity (Wildman–Crippen MR) is 389 cm³/mol. The summed E-state index contributed by atoms with van der Waals surface area (Å²) in [6.45, 7) is 4.53. The molecule has 9 heteroatoms. The van der Waals surface area contributed by atoms with E-state index in [0.29, 0.717) is 17.4 Å². The van der Waals surface area contributed by atoms with E-state index in [1.165, 1.54) is 135 Å². The van der Waals surface area contributed by atoms with Crippen molar-refractivity contribution in [2.24, 2.45) is 0 Å². The summed E-state index contributed by atoms with van der Waals surface area (Å²) >= 11 is 0. The first-order chi connectivity index (χ1) is 44.6. The Morgan fingerprint density at radius 2 is 0.593 bits per heavy atom. The third-order valence-corrected chi connectivity index (χ3v) is 15.6. The van der Waals surface area contributed by atoms with Crippen molar-refractivity contribution in [3.63, 3.8) is 0 Å². The number of hydrogen-bond acceptors (Lipinski definition) is 8. The monoisotopic (exact) mass is 1260 g/mol. The van der Waals surface area contributed by atoms with Crippen LogP contribution in [0.3, 0.4) is 0 Å². The molecule has 0 aromatic heterocycles. The lowest BCUT2D eigenvalue weighted by atomic mass is 10.0. The van der Waals surface area contributed by atoms with Crippen molar-refractivity contribution < 1.29 is 42.9 Å². The van der Waals surface area contributed by atoms with Gasteiger partial charge < -0.3 is 33.3 Å². The number of ether oxygens (including phenoxy) is 4. The molecule has 0 radical (unpaired) electrons. The van der Waals surface area contributed by atoms with Gasteiger partial charge in [-0.1, -0.05) is 314 Å². The first-order valence-electron chi connectivity index (χ1n) is 37.0. The molecule has 91 heavy (non-hydrogen) atoms. The van der Waals surface area contributed by atoms with Crippen molar-refractivity contribution in [2.45, 2.75) is 309 Å². The number of allylic oxidation sites excluding steroid dienone is 24. The maximum absolute atomic E-state index is 13.0. The Kier molecular flexibility index (Phi) is 67.3. The second-order valence-electron chi connectivity index (χ2n) is 25.5. The van der Waals surface area contributed by atoms with E-state index in [1.807, 2.05) is 21.1 Å². The van der Waals surface area contributed by atoms with Gasteiger partial charge >= 0.3 is 11.9 Å². The SMILES string of the molecule is CC/C=C\C/C=C\C/C=C\C/C=C\C/C=C\C/C=C\C/C=C\CCCCCCCCCCCCCCCCCCCCCC(=O)OC(COC(=O)CCCCCCCCCCC/C=C\C/C=C\C/C=C\C/C=C\C/C=C\CC)COC(OCC[N+](C)(C)C)C(=O)[O-]. The molecule has 0 bridgehead atoms. The van der Waals surface area contributed by atoms with E-state index in [9.17, 15) is 19.5 Å². The molecule has 0 fully saturated rings. The maximum Gasteiger partial charge on any atom is 0.306 e. The number of nitrogens with zero attached hydrogens (tertiary/aromatic N) is 1. The number of unbranched alkanes of at least 4 members (excludes halogenated alkanes) is 28. The van der Waals surface area contributed by atoms with Gasteiger partial charge in [0.25, 0.3) is 0 Å². The van der Waals surface area contributed by atoms with Gasteiger partial charge in [-0.05, 0) is 116 Å². The topological polar surface area (TPSA) is 111 Å². The van der Waals surface area contributed by atoms with E-state index in [2.05, 4.69) is 160 Å². The van der Waals surface area contributed by atoms with Gasteiger partial charge in [0.15, 0.2) is 12.4 Å². The van der Waals surface area contributed by atoms with Gasteiger partial charge in [0.05, 0.1) is 40.3 Å². The molecule has 0 aromatic rings. The van der Waals surface area contributed by atoms with Gasteiger partial charge in [-0.25, -0.2) is 0 Å². The first-order valence-corrected chi connectivity index (χ1v) is 37.0. The van der Waals surface area contributed by atoms with Crippen LogP contribution in [0.15, 0.2) is 146 Å². The van der Waals surface area contributed by atoms with Gasteiger partial charge in [-0.15, -0.1) is 0 Å². The van der Waals surface area contributed by atoms with Crippen LogP contribution >= 0.6 is 0 Å². The second-order valence-corrected chi connectivity index (χ2v) is 25.5. The lowest BCUT2D eigenvalue weighted by Gasteiger charge is -2.26. The Bertz CT molecular complexity index is 2010. The number of carboxylic acid groups (broad SMARTS) is 1. The quantitative estimate of drug-likeness (QED) is 0.0195. The molecule has 0 saturated heterocycles. The minimum atomic E-state index is -1.63. The van der Waals surface area contributed by atoms with Crippen LogP contribution in [0.4, 0.5) is 0 Å². The molecule has 0 amide bonds. The first kappa shape index (κ1) is 86.2. The average molecular weight is 1260 g/mol. The van der Waals surface area contributed by atoms with Crippen molar-refractivity contribution in [1.82, 2.24) is 0 Å². The molecule has 0 aromatic carbocycles. The summed E-state index contributed by atoms with van der Waals surface area (Å²) in [4.78, 5) is 37.5. The minimum absolute atomic E-state index is 0.142. The van der Waals surface area contributed by atoms with E-state index >= 15 is 0 Å². The fourth-order valence-electron chi connectivity index (χ4n) is 10.0. The zero-order valence-corrected chi connectivity index (χ0v) is 59.2. The van der Waals surface area contributed by atoms with Crippen LogP contribution in [-0.2, 0) is 33.3 Å². The number of quaternary nitrogens is 1. The number of esters is 2. The van der Waals surface area contributed by atoms with Crippen molar-refractivity contribution in [3.05, 3.63) is 146 Å². The number of carbonyl (C=O) groups excluding carboxylic acids is 3. The molecule has 0 aliphatic rings.